The van der Waals surface area contributed by atoms with Crippen molar-refractivity contribution in [2.24, 2.45) is 0 Å². The Labute approximate surface area is 177 Å². The normalized spacial score (nSPS) is 11.0. The number of rotatable bonds is 6. The summed E-state index contributed by atoms with van der Waals surface area (Å²) in [7, 11) is -2.44. The third-order valence-corrected chi connectivity index (χ3v) is 6.00. The predicted molar refractivity (Wildman–Crippen MR) is 115 cm³/mol. The van der Waals surface area contributed by atoms with Crippen LogP contribution in [0.1, 0.15) is 15.9 Å². The maximum atomic E-state index is 12.9. The molecule has 150 valence electrons. The monoisotopic (exact) mass is 475 g/mol. The smallest absolute Gasteiger partial charge is 0.262 e. The first-order chi connectivity index (χ1) is 13.8. The average Bonchev–Trinajstić information content (AvgIpc) is 2.69. The lowest BCUT2D eigenvalue weighted by atomic mass is 10.2. The van der Waals surface area contributed by atoms with Crippen LogP contribution in [0.5, 0.6) is 5.75 Å². The zero-order valence-corrected chi connectivity index (χ0v) is 18.0. The zero-order chi connectivity index (χ0) is 21.0. The third kappa shape index (κ3) is 4.93. The van der Waals surface area contributed by atoms with Crippen molar-refractivity contribution in [3.63, 3.8) is 0 Å². The second-order valence-electron chi connectivity index (χ2n) is 6.13. The van der Waals surface area contributed by atoms with Gasteiger partial charge in [-0.25, -0.2) is 8.42 Å². The fourth-order valence-corrected chi connectivity index (χ4v) is 4.34. The summed E-state index contributed by atoms with van der Waals surface area (Å²) in [5.74, 6) is 0.00373. The highest BCUT2D eigenvalue weighted by Gasteiger charge is 2.20. The number of carbonyl (C=O) groups is 1. The highest BCUT2D eigenvalue weighted by atomic mass is 79.9. The molecular weight excluding hydrogens is 458 g/mol. The number of methoxy groups -OCH3 is 1. The molecule has 0 atom stereocenters. The van der Waals surface area contributed by atoms with Gasteiger partial charge in [0.05, 0.1) is 23.3 Å². The van der Waals surface area contributed by atoms with Gasteiger partial charge >= 0.3 is 0 Å². The molecule has 0 radical (unpaired) electrons. The topological polar surface area (TPSA) is 97.4 Å². The molecule has 7 nitrogen and oxygen atoms in total. The van der Waals surface area contributed by atoms with Crippen LogP contribution in [0.15, 0.2) is 70.3 Å². The minimum absolute atomic E-state index is 0.0496. The summed E-state index contributed by atoms with van der Waals surface area (Å²) in [4.78, 5) is 16.4. The molecule has 1 heterocycles. The Morgan fingerprint density at radius 3 is 2.59 bits per heavy atom. The summed E-state index contributed by atoms with van der Waals surface area (Å²) in [5, 5.41) is 2.69. The number of nitrogens with zero attached hydrogens (tertiary/aromatic N) is 1. The summed E-state index contributed by atoms with van der Waals surface area (Å²) in [5.41, 5.74) is 1.55. The summed E-state index contributed by atoms with van der Waals surface area (Å²) in [6, 6.07) is 13.0. The van der Waals surface area contributed by atoms with E-state index in [0.717, 1.165) is 0 Å². The Hall–Kier alpha value is -2.91. The maximum absolute atomic E-state index is 12.9. The number of carbonyl (C=O) groups excluding carboxylic acids is 1. The molecule has 0 unspecified atom stereocenters. The van der Waals surface area contributed by atoms with Gasteiger partial charge in [-0.1, -0.05) is 18.2 Å². The Balaban J connectivity index is 1.89. The molecule has 0 aliphatic heterocycles. The number of hydrogen-bond donors (Lipinski definition) is 2. The van der Waals surface area contributed by atoms with E-state index in [0.29, 0.717) is 32.7 Å². The average molecular weight is 476 g/mol. The van der Waals surface area contributed by atoms with E-state index in [1.165, 1.54) is 19.4 Å². The third-order valence-electron chi connectivity index (χ3n) is 4.05. The number of aryl methyl sites for hydroxylation is 1. The van der Waals surface area contributed by atoms with Gasteiger partial charge in [0.2, 0.25) is 0 Å². The molecule has 3 aromatic rings. The van der Waals surface area contributed by atoms with Crippen LogP contribution in [0.3, 0.4) is 0 Å². The summed E-state index contributed by atoms with van der Waals surface area (Å²) < 4.78 is 34.3. The largest absolute Gasteiger partial charge is 0.495 e. The van der Waals surface area contributed by atoms with E-state index in [1.807, 2.05) is 0 Å². The van der Waals surface area contributed by atoms with Crippen LogP contribution in [-0.2, 0) is 10.0 Å². The van der Waals surface area contributed by atoms with E-state index < -0.39 is 15.9 Å². The van der Waals surface area contributed by atoms with E-state index >= 15 is 0 Å². The van der Waals surface area contributed by atoms with Crippen LogP contribution in [0, 0.1) is 6.92 Å². The molecule has 1 amide bonds. The standard InChI is InChI=1S/C20H18BrN3O4S/c1-13-7-8-16(23-20(25)14-9-15(21)12-22-11-14)10-19(13)29(26,27)24-17-5-3-4-6-18(17)28-2/h3-12,24H,1-2H3,(H,23,25). The summed E-state index contributed by atoms with van der Waals surface area (Å²) in [6.45, 7) is 1.68. The Morgan fingerprint density at radius 2 is 1.86 bits per heavy atom. The molecular formula is C20H18BrN3O4S. The molecule has 2 N–H and O–H groups in total. The predicted octanol–water partition coefficient (Wildman–Crippen LogP) is 4.21. The first kappa shape index (κ1) is 20.8. The molecule has 0 aliphatic carbocycles. The van der Waals surface area contributed by atoms with Crippen molar-refractivity contribution in [3.8, 4) is 5.75 Å². The van der Waals surface area contributed by atoms with Crippen molar-refractivity contribution in [1.29, 1.82) is 0 Å². The SMILES string of the molecule is COc1ccccc1NS(=O)(=O)c1cc(NC(=O)c2cncc(Br)c2)ccc1C. The van der Waals surface area contributed by atoms with Crippen molar-refractivity contribution < 1.29 is 17.9 Å². The van der Waals surface area contributed by atoms with Crippen molar-refractivity contribution in [2.75, 3.05) is 17.1 Å². The van der Waals surface area contributed by atoms with Crippen molar-refractivity contribution in [1.82, 2.24) is 4.98 Å². The number of nitrogens with one attached hydrogen (secondary N) is 2. The number of aromatic nitrogens is 1. The van der Waals surface area contributed by atoms with E-state index in [1.54, 1.807) is 55.6 Å². The highest BCUT2D eigenvalue weighted by Crippen LogP contribution is 2.28. The number of amides is 1. The van der Waals surface area contributed by atoms with Crippen LogP contribution in [0.4, 0.5) is 11.4 Å². The summed E-state index contributed by atoms with van der Waals surface area (Å²) >= 11 is 3.27. The van der Waals surface area contributed by atoms with Gasteiger partial charge in [0.1, 0.15) is 5.75 Å². The van der Waals surface area contributed by atoms with Crippen molar-refractivity contribution in [3.05, 3.63) is 76.5 Å². The van der Waals surface area contributed by atoms with Crippen LogP contribution >= 0.6 is 15.9 Å². The molecule has 2 aromatic carbocycles. The molecule has 9 heteroatoms. The number of hydrogen-bond acceptors (Lipinski definition) is 5. The number of para-hydroxylation sites is 2. The molecule has 29 heavy (non-hydrogen) atoms. The van der Waals surface area contributed by atoms with E-state index in [4.69, 9.17) is 4.74 Å². The molecule has 0 bridgehead atoms. The van der Waals surface area contributed by atoms with Gasteiger partial charge in [-0.3, -0.25) is 14.5 Å². The fourth-order valence-electron chi connectivity index (χ4n) is 2.64. The lowest BCUT2D eigenvalue weighted by Crippen LogP contribution is -2.16. The quantitative estimate of drug-likeness (QED) is 0.556. The molecule has 0 aliphatic rings. The number of ether oxygens (including phenoxy) is 1. The highest BCUT2D eigenvalue weighted by molar-refractivity contribution is 9.10. The zero-order valence-electron chi connectivity index (χ0n) is 15.6. The van der Waals surface area contributed by atoms with Gasteiger partial charge in [0.25, 0.3) is 15.9 Å². The van der Waals surface area contributed by atoms with Gasteiger partial charge in [0.15, 0.2) is 0 Å². The Kier molecular flexibility index (Phi) is 6.19. The number of anilines is 2. The number of pyridine rings is 1. The lowest BCUT2D eigenvalue weighted by Gasteiger charge is -2.14. The van der Waals surface area contributed by atoms with Gasteiger partial charge in [-0.05, 0) is 58.7 Å². The summed E-state index contributed by atoms with van der Waals surface area (Å²) in [6.07, 6.45) is 2.99. The van der Waals surface area contributed by atoms with Gasteiger partial charge in [-0.2, -0.15) is 0 Å². The Morgan fingerprint density at radius 1 is 1.10 bits per heavy atom. The molecule has 3 rings (SSSR count). The van der Waals surface area contributed by atoms with Crippen LogP contribution in [0.2, 0.25) is 0 Å². The minimum Gasteiger partial charge on any atom is -0.495 e. The van der Waals surface area contributed by atoms with E-state index in [2.05, 4.69) is 31.0 Å². The second kappa shape index (κ2) is 8.62. The van der Waals surface area contributed by atoms with Crippen molar-refractivity contribution in [2.45, 2.75) is 11.8 Å². The van der Waals surface area contributed by atoms with E-state index in [-0.39, 0.29) is 4.90 Å². The molecule has 0 spiro atoms. The second-order valence-corrected chi connectivity index (χ2v) is 8.70. The molecule has 1 aromatic heterocycles. The molecule has 0 fully saturated rings. The molecule has 0 saturated carbocycles. The van der Waals surface area contributed by atoms with Gasteiger partial charge in [0, 0.05) is 22.6 Å². The maximum Gasteiger partial charge on any atom is 0.262 e. The van der Waals surface area contributed by atoms with Crippen molar-refractivity contribution >= 4 is 43.2 Å². The Bertz CT molecular complexity index is 1170. The van der Waals surface area contributed by atoms with Gasteiger partial charge in [-0.15, -0.1) is 0 Å². The van der Waals surface area contributed by atoms with Crippen LogP contribution in [0.25, 0.3) is 0 Å². The minimum atomic E-state index is -3.91. The number of benzene rings is 2. The van der Waals surface area contributed by atoms with Gasteiger partial charge < -0.3 is 10.1 Å². The van der Waals surface area contributed by atoms with Crippen LogP contribution in [-0.4, -0.2) is 26.4 Å². The van der Waals surface area contributed by atoms with E-state index in [9.17, 15) is 13.2 Å². The first-order valence-corrected chi connectivity index (χ1v) is 10.8. The first-order valence-electron chi connectivity index (χ1n) is 8.48. The lowest BCUT2D eigenvalue weighted by molar-refractivity contribution is 0.102. The van der Waals surface area contributed by atoms with Crippen LogP contribution < -0.4 is 14.8 Å². The number of sulfonamides is 1. The molecule has 0 saturated heterocycles. The fraction of sp³-hybridized carbons (Fsp3) is 0.100. The number of halogens is 1.